The quantitative estimate of drug-likeness (QED) is 0.495. The Labute approximate surface area is 171 Å². The molecule has 2 aromatic rings. The van der Waals surface area contributed by atoms with Crippen molar-refractivity contribution >= 4 is 29.2 Å². The first-order valence-corrected chi connectivity index (χ1v) is 9.06. The number of alkyl halides is 3. The van der Waals surface area contributed by atoms with Gasteiger partial charge in [-0.25, -0.2) is 4.79 Å². The summed E-state index contributed by atoms with van der Waals surface area (Å²) in [6.07, 6.45) is -3.03. The van der Waals surface area contributed by atoms with Crippen LogP contribution in [0.4, 0.5) is 18.9 Å². The van der Waals surface area contributed by atoms with Crippen molar-refractivity contribution in [2.75, 3.05) is 11.9 Å². The largest absolute Gasteiger partial charge is 0.461 e. The third kappa shape index (κ3) is 4.64. The molecule has 1 N–H and O–H groups in total. The van der Waals surface area contributed by atoms with Crippen molar-refractivity contribution in [2.45, 2.75) is 33.5 Å². The summed E-state index contributed by atoms with van der Waals surface area (Å²) in [5.41, 5.74) is 0.0175. The molecule has 156 valence electrons. The zero-order chi connectivity index (χ0) is 21.9. The molecule has 0 fully saturated rings. The highest BCUT2D eigenvalue weighted by atomic mass is 35.5. The van der Waals surface area contributed by atoms with E-state index in [0.29, 0.717) is 11.3 Å². The number of hydrogen-bond donors (Lipinski definition) is 1. The molecule has 0 saturated carbocycles. The molecule has 1 aromatic carbocycles. The van der Waals surface area contributed by atoms with Crippen LogP contribution in [-0.4, -0.2) is 23.1 Å². The number of benzene rings is 1. The maximum absolute atomic E-state index is 13.0. The van der Waals surface area contributed by atoms with Gasteiger partial charge >= 0.3 is 12.1 Å². The van der Waals surface area contributed by atoms with Crippen molar-refractivity contribution in [1.29, 1.82) is 0 Å². The van der Waals surface area contributed by atoms with Crippen LogP contribution in [0.3, 0.4) is 0 Å². The number of aromatic nitrogens is 1. The summed E-state index contributed by atoms with van der Waals surface area (Å²) in [5.74, 6) is -1.29. The van der Waals surface area contributed by atoms with E-state index in [1.807, 2.05) is 0 Å². The fraction of sp³-hybridized carbons (Fsp3) is 0.300. The molecule has 1 amide bonds. The van der Waals surface area contributed by atoms with Gasteiger partial charge in [-0.1, -0.05) is 17.7 Å². The number of nitrogens with one attached hydrogen (secondary N) is 1. The number of nitrogens with zero attached hydrogens (tertiary/aromatic N) is 1. The third-order valence-corrected chi connectivity index (χ3v) is 4.65. The maximum Gasteiger partial charge on any atom is 0.416 e. The van der Waals surface area contributed by atoms with Crippen LogP contribution in [0.25, 0.3) is 0 Å². The highest BCUT2D eigenvalue weighted by molar-refractivity contribution is 6.34. The number of ether oxygens (including phenoxy) is 1. The molecular weight excluding hydrogens is 409 g/mol. The lowest BCUT2D eigenvalue weighted by atomic mass is 10.1. The highest BCUT2D eigenvalue weighted by Crippen LogP contribution is 2.34. The number of carbonyl (C=O) groups excluding carboxylic acids is 2. The van der Waals surface area contributed by atoms with E-state index in [0.717, 1.165) is 18.2 Å². The monoisotopic (exact) mass is 428 g/mol. The molecule has 9 heteroatoms. The molecule has 0 bridgehead atoms. The van der Waals surface area contributed by atoms with E-state index in [1.165, 1.54) is 0 Å². The van der Waals surface area contributed by atoms with Gasteiger partial charge in [-0.2, -0.15) is 13.2 Å². The number of amides is 1. The second-order valence-electron chi connectivity index (χ2n) is 6.20. The molecule has 0 aliphatic heterocycles. The maximum atomic E-state index is 13.0. The van der Waals surface area contributed by atoms with Crippen LogP contribution in [0.5, 0.6) is 0 Å². The van der Waals surface area contributed by atoms with Crippen LogP contribution in [0.2, 0.25) is 5.02 Å². The smallest absolute Gasteiger partial charge is 0.416 e. The number of allylic oxidation sites excluding steroid dienone is 1. The van der Waals surface area contributed by atoms with Crippen LogP contribution in [0, 0.1) is 13.8 Å². The van der Waals surface area contributed by atoms with Crippen LogP contribution in [0.15, 0.2) is 30.9 Å². The molecule has 1 heterocycles. The van der Waals surface area contributed by atoms with Crippen molar-refractivity contribution < 1.29 is 27.5 Å². The molecule has 29 heavy (non-hydrogen) atoms. The minimum Gasteiger partial charge on any atom is -0.461 e. The summed E-state index contributed by atoms with van der Waals surface area (Å²) in [4.78, 5) is 25.2. The lowest BCUT2D eigenvalue weighted by molar-refractivity contribution is -0.137. The van der Waals surface area contributed by atoms with Crippen molar-refractivity contribution in [3.63, 3.8) is 0 Å². The summed E-state index contributed by atoms with van der Waals surface area (Å²) >= 11 is 5.96. The van der Waals surface area contributed by atoms with Gasteiger partial charge in [0.15, 0.2) is 0 Å². The molecule has 0 saturated heterocycles. The molecule has 5 nitrogen and oxygen atoms in total. The van der Waals surface area contributed by atoms with E-state index in [9.17, 15) is 22.8 Å². The van der Waals surface area contributed by atoms with Gasteiger partial charge in [0, 0.05) is 12.2 Å². The van der Waals surface area contributed by atoms with Gasteiger partial charge in [-0.15, -0.1) is 6.58 Å². The van der Waals surface area contributed by atoms with Crippen molar-refractivity contribution in [1.82, 2.24) is 4.57 Å². The Kier molecular flexibility index (Phi) is 6.79. The number of hydrogen-bond acceptors (Lipinski definition) is 3. The summed E-state index contributed by atoms with van der Waals surface area (Å²) in [7, 11) is 0. The topological polar surface area (TPSA) is 60.3 Å². The first-order valence-electron chi connectivity index (χ1n) is 8.68. The van der Waals surface area contributed by atoms with Crippen molar-refractivity contribution in [2.24, 2.45) is 0 Å². The number of carbonyl (C=O) groups is 2. The Morgan fingerprint density at radius 2 is 1.97 bits per heavy atom. The average molecular weight is 429 g/mol. The van der Waals surface area contributed by atoms with Crippen LogP contribution in [0.1, 0.15) is 44.6 Å². The fourth-order valence-corrected chi connectivity index (χ4v) is 3.20. The first-order chi connectivity index (χ1) is 13.5. The van der Waals surface area contributed by atoms with Gasteiger partial charge in [0.1, 0.15) is 5.69 Å². The van der Waals surface area contributed by atoms with Gasteiger partial charge in [-0.3, -0.25) is 4.79 Å². The summed E-state index contributed by atoms with van der Waals surface area (Å²) < 4.78 is 45.5. The summed E-state index contributed by atoms with van der Waals surface area (Å²) in [6.45, 7) is 8.90. The van der Waals surface area contributed by atoms with Crippen molar-refractivity contribution in [3.8, 4) is 0 Å². The van der Waals surface area contributed by atoms with Crippen LogP contribution < -0.4 is 5.32 Å². The first kappa shape index (κ1) is 22.5. The van der Waals surface area contributed by atoms with Gasteiger partial charge < -0.3 is 14.6 Å². The predicted molar refractivity (Wildman–Crippen MR) is 104 cm³/mol. The zero-order valence-electron chi connectivity index (χ0n) is 16.1. The minimum absolute atomic E-state index is 0.0437. The third-order valence-electron chi connectivity index (χ3n) is 4.32. The Morgan fingerprint density at radius 1 is 1.31 bits per heavy atom. The minimum atomic E-state index is -4.58. The molecule has 0 radical (unpaired) electrons. The van der Waals surface area contributed by atoms with Crippen molar-refractivity contribution in [3.05, 3.63) is 64.0 Å². The highest BCUT2D eigenvalue weighted by Gasteiger charge is 2.32. The Bertz CT molecular complexity index is 965. The SMILES string of the molecule is C=CCn1c(C)c(C(=O)Nc2cc(C(F)(F)F)ccc2Cl)c(C)c1C(=O)OCC. The molecule has 0 unspecified atom stereocenters. The predicted octanol–water partition coefficient (Wildman–Crippen LogP) is 5.39. The van der Waals surface area contributed by atoms with Crippen LogP contribution in [-0.2, 0) is 17.5 Å². The molecule has 1 aromatic heterocycles. The Morgan fingerprint density at radius 3 is 2.52 bits per heavy atom. The van der Waals surface area contributed by atoms with Gasteiger partial charge in [-0.05, 0) is 44.5 Å². The summed E-state index contributed by atoms with van der Waals surface area (Å²) in [5, 5.41) is 2.37. The normalized spacial score (nSPS) is 11.3. The lowest BCUT2D eigenvalue weighted by Crippen LogP contribution is -2.15. The Hall–Kier alpha value is -2.74. The van der Waals surface area contributed by atoms with Gasteiger partial charge in [0.2, 0.25) is 0 Å². The number of halogens is 4. The average Bonchev–Trinajstić information content (AvgIpc) is 2.86. The second-order valence-corrected chi connectivity index (χ2v) is 6.61. The van der Waals surface area contributed by atoms with E-state index >= 15 is 0 Å². The number of rotatable bonds is 6. The second kappa shape index (κ2) is 8.73. The van der Waals surface area contributed by atoms with E-state index in [1.54, 1.807) is 31.4 Å². The number of esters is 1. The molecule has 0 aliphatic carbocycles. The molecule has 2 rings (SSSR count). The molecule has 0 spiro atoms. The molecule has 0 aliphatic rings. The van der Waals surface area contributed by atoms with Gasteiger partial charge in [0.05, 0.1) is 28.4 Å². The zero-order valence-corrected chi connectivity index (χ0v) is 16.9. The Balaban J connectivity index is 2.50. The lowest BCUT2D eigenvalue weighted by Gasteiger charge is -2.12. The van der Waals surface area contributed by atoms with E-state index in [4.69, 9.17) is 16.3 Å². The van der Waals surface area contributed by atoms with E-state index < -0.39 is 23.6 Å². The standard InChI is InChI=1S/C20H20ClF3N2O3/c1-5-9-26-12(4)16(11(3)17(26)19(28)29-6-2)18(27)25-15-10-13(20(22,23)24)7-8-14(15)21/h5,7-8,10H,1,6,9H2,2-4H3,(H,25,27). The fourth-order valence-electron chi connectivity index (χ4n) is 3.03. The summed E-state index contributed by atoms with van der Waals surface area (Å²) in [6, 6.07) is 2.65. The number of anilines is 1. The molecular formula is C20H20ClF3N2O3. The van der Waals surface area contributed by atoms with E-state index in [2.05, 4.69) is 11.9 Å². The van der Waals surface area contributed by atoms with E-state index in [-0.39, 0.29) is 35.1 Å². The van der Waals surface area contributed by atoms with Crippen LogP contribution >= 0.6 is 11.6 Å². The van der Waals surface area contributed by atoms with Gasteiger partial charge in [0.25, 0.3) is 5.91 Å². The molecule has 0 atom stereocenters.